The quantitative estimate of drug-likeness (QED) is 0.403. The van der Waals surface area contributed by atoms with Crippen LogP contribution in [-0.4, -0.2) is 34.3 Å². The maximum Gasteiger partial charge on any atom is 0.526 e. The second kappa shape index (κ2) is 7.21. The zero-order chi connectivity index (χ0) is 17.1. The van der Waals surface area contributed by atoms with E-state index in [1.165, 1.54) is 11.3 Å². The first kappa shape index (κ1) is 16.8. The van der Waals surface area contributed by atoms with E-state index in [9.17, 15) is 0 Å². The van der Waals surface area contributed by atoms with Gasteiger partial charge in [0.1, 0.15) is 11.2 Å². The molecule has 0 saturated heterocycles. The van der Waals surface area contributed by atoms with Crippen molar-refractivity contribution in [1.29, 1.82) is 0 Å². The highest BCUT2D eigenvalue weighted by molar-refractivity contribution is 7.27. The zero-order valence-corrected chi connectivity index (χ0v) is 13.4. The Hall–Kier alpha value is -2.09. The van der Waals surface area contributed by atoms with Gasteiger partial charge in [-0.25, -0.2) is 0 Å². The summed E-state index contributed by atoms with van der Waals surface area (Å²) in [5.41, 5.74) is 0.844. The summed E-state index contributed by atoms with van der Waals surface area (Å²) in [4.78, 5) is 0. The lowest BCUT2D eigenvalue weighted by Gasteiger charge is -1.88. The second-order valence-corrected chi connectivity index (χ2v) is 6.24. The van der Waals surface area contributed by atoms with Gasteiger partial charge in [-0.05, 0) is 29.7 Å². The molecule has 8 heteroatoms. The Bertz CT molecular complexity index is 804. The molecule has 2 heterocycles. The predicted octanol–water partition coefficient (Wildman–Crippen LogP) is 0.694. The Balaban J connectivity index is 0.000000141. The van der Waals surface area contributed by atoms with Crippen molar-refractivity contribution in [2.75, 3.05) is 0 Å². The maximum atomic E-state index is 8.89. The van der Waals surface area contributed by atoms with Gasteiger partial charge in [-0.2, -0.15) is 0 Å². The van der Waals surface area contributed by atoms with Crippen molar-refractivity contribution in [3.8, 4) is 0 Å². The summed E-state index contributed by atoms with van der Waals surface area (Å²) in [6.45, 7) is 0. The molecule has 120 valence electrons. The van der Waals surface area contributed by atoms with Crippen molar-refractivity contribution >= 4 is 57.1 Å². The summed E-state index contributed by atoms with van der Waals surface area (Å²) in [5, 5.41) is 37.3. The van der Waals surface area contributed by atoms with Crippen molar-refractivity contribution in [1.82, 2.24) is 0 Å². The average molecular weight is 340 g/mol. The Morgan fingerprint density at radius 2 is 1.42 bits per heavy atom. The highest BCUT2D eigenvalue weighted by Crippen LogP contribution is 2.18. The standard InChI is InChI=1S/C8H7BO3.C8H7BO2S/c2*10-9(11)8-5-6-3-1-2-4-7(6)12-8/h2*1-5,10-11H. The summed E-state index contributed by atoms with van der Waals surface area (Å²) in [6.07, 6.45) is 0. The predicted molar refractivity (Wildman–Crippen MR) is 97.7 cm³/mol. The van der Waals surface area contributed by atoms with Crippen molar-refractivity contribution in [3.05, 3.63) is 60.7 Å². The second-order valence-electron chi connectivity index (χ2n) is 5.12. The van der Waals surface area contributed by atoms with Crippen LogP contribution >= 0.6 is 11.3 Å². The van der Waals surface area contributed by atoms with Crippen LogP contribution in [0.4, 0.5) is 0 Å². The zero-order valence-electron chi connectivity index (χ0n) is 12.5. The van der Waals surface area contributed by atoms with Crippen molar-refractivity contribution in [3.63, 3.8) is 0 Å². The molecule has 4 aromatic rings. The third kappa shape index (κ3) is 3.69. The summed E-state index contributed by atoms with van der Waals surface area (Å²) >= 11 is 1.41. The Morgan fingerprint density at radius 3 is 2.04 bits per heavy atom. The third-order valence-corrected chi connectivity index (χ3v) is 4.55. The molecule has 0 saturated carbocycles. The van der Waals surface area contributed by atoms with E-state index < -0.39 is 14.2 Å². The number of para-hydroxylation sites is 1. The highest BCUT2D eigenvalue weighted by Gasteiger charge is 2.16. The van der Waals surface area contributed by atoms with E-state index in [0.717, 1.165) is 15.5 Å². The van der Waals surface area contributed by atoms with Gasteiger partial charge in [-0.15, -0.1) is 11.3 Å². The van der Waals surface area contributed by atoms with Gasteiger partial charge >= 0.3 is 14.2 Å². The minimum Gasteiger partial charge on any atom is -0.465 e. The van der Waals surface area contributed by atoms with Gasteiger partial charge in [0, 0.05) is 14.9 Å². The minimum absolute atomic E-state index is 0.177. The van der Waals surface area contributed by atoms with Gasteiger partial charge in [0.15, 0.2) is 0 Å². The number of thiophene rings is 1. The number of hydrogen-bond acceptors (Lipinski definition) is 6. The third-order valence-electron chi connectivity index (χ3n) is 3.40. The van der Waals surface area contributed by atoms with Gasteiger partial charge in [0.25, 0.3) is 0 Å². The molecule has 0 spiro atoms. The van der Waals surface area contributed by atoms with E-state index in [1.807, 2.05) is 42.5 Å². The lowest BCUT2D eigenvalue weighted by atomic mass is 9.88. The molecule has 2 aromatic heterocycles. The van der Waals surface area contributed by atoms with Crippen LogP contribution in [0.3, 0.4) is 0 Å². The normalized spacial score (nSPS) is 10.5. The van der Waals surface area contributed by atoms with Crippen LogP contribution in [0.5, 0.6) is 0 Å². The summed E-state index contributed by atoms with van der Waals surface area (Å²) in [5.74, 6) is 0. The molecule has 0 unspecified atom stereocenters. The molecule has 0 atom stereocenters. The summed E-state index contributed by atoms with van der Waals surface area (Å²) < 4.78 is 6.81. The van der Waals surface area contributed by atoms with Gasteiger partial charge in [-0.1, -0.05) is 36.4 Å². The Labute approximate surface area is 142 Å². The molecule has 0 aliphatic carbocycles. The van der Waals surface area contributed by atoms with Gasteiger partial charge in [0.2, 0.25) is 0 Å². The van der Waals surface area contributed by atoms with Crippen LogP contribution in [0.25, 0.3) is 21.1 Å². The molecule has 0 bridgehead atoms. The van der Waals surface area contributed by atoms with Crippen LogP contribution < -0.4 is 10.4 Å². The molecule has 0 amide bonds. The van der Waals surface area contributed by atoms with E-state index in [4.69, 9.17) is 24.5 Å². The number of fused-ring (bicyclic) bond motifs is 2. The fraction of sp³-hybridized carbons (Fsp3) is 0. The van der Waals surface area contributed by atoms with Crippen LogP contribution in [-0.2, 0) is 0 Å². The van der Waals surface area contributed by atoms with Crippen molar-refractivity contribution in [2.24, 2.45) is 0 Å². The van der Waals surface area contributed by atoms with Crippen LogP contribution in [0, 0.1) is 0 Å². The number of furan rings is 1. The lowest BCUT2D eigenvalue weighted by molar-refractivity contribution is 0.412. The first-order valence-corrected chi connectivity index (χ1v) is 8.05. The van der Waals surface area contributed by atoms with Gasteiger partial charge < -0.3 is 24.5 Å². The molecular weight excluding hydrogens is 326 g/mol. The molecule has 0 aliphatic heterocycles. The topological polar surface area (TPSA) is 94.1 Å². The smallest absolute Gasteiger partial charge is 0.465 e. The number of hydrogen-bond donors (Lipinski definition) is 4. The van der Waals surface area contributed by atoms with Crippen LogP contribution in [0.15, 0.2) is 65.1 Å². The van der Waals surface area contributed by atoms with E-state index in [-0.39, 0.29) is 5.66 Å². The SMILES string of the molecule is OB(O)c1cc2ccccc2o1.OB(O)c1cc2ccccc2s1. The molecule has 4 rings (SSSR count). The molecule has 4 N–H and O–H groups in total. The monoisotopic (exact) mass is 340 g/mol. The molecule has 0 radical (unpaired) electrons. The van der Waals surface area contributed by atoms with Gasteiger partial charge in [0.05, 0.1) is 0 Å². The fourth-order valence-electron chi connectivity index (χ4n) is 2.26. The van der Waals surface area contributed by atoms with Crippen LogP contribution in [0.1, 0.15) is 0 Å². The average Bonchev–Trinajstić information content (AvgIpc) is 3.19. The molecular formula is C16H14B2O5S. The first-order chi connectivity index (χ1) is 11.5. The summed E-state index contributed by atoms with van der Waals surface area (Å²) in [6, 6.07) is 18.5. The maximum absolute atomic E-state index is 8.89. The van der Waals surface area contributed by atoms with E-state index in [0.29, 0.717) is 10.4 Å². The fourth-order valence-corrected chi connectivity index (χ4v) is 3.20. The number of benzene rings is 2. The van der Waals surface area contributed by atoms with E-state index in [1.54, 1.807) is 18.2 Å². The van der Waals surface area contributed by atoms with Gasteiger partial charge in [-0.3, -0.25) is 0 Å². The number of rotatable bonds is 2. The minimum atomic E-state index is -1.53. The first-order valence-electron chi connectivity index (χ1n) is 7.24. The van der Waals surface area contributed by atoms with E-state index >= 15 is 0 Å². The molecule has 0 aliphatic rings. The Kier molecular flexibility index (Phi) is 5.03. The Morgan fingerprint density at radius 1 is 0.750 bits per heavy atom. The van der Waals surface area contributed by atoms with Crippen molar-refractivity contribution in [2.45, 2.75) is 0 Å². The molecule has 5 nitrogen and oxygen atoms in total. The molecule has 24 heavy (non-hydrogen) atoms. The molecule has 0 fully saturated rings. The highest BCUT2D eigenvalue weighted by atomic mass is 32.1. The summed E-state index contributed by atoms with van der Waals surface area (Å²) in [7, 11) is -2.88. The van der Waals surface area contributed by atoms with Crippen molar-refractivity contribution < 1.29 is 24.5 Å². The molecule has 2 aromatic carbocycles. The largest absolute Gasteiger partial charge is 0.526 e. The van der Waals surface area contributed by atoms with Crippen LogP contribution in [0.2, 0.25) is 0 Å². The lowest BCUT2D eigenvalue weighted by Crippen LogP contribution is -2.27. The van der Waals surface area contributed by atoms with E-state index in [2.05, 4.69) is 0 Å².